The Morgan fingerprint density at radius 2 is 1.94 bits per heavy atom. The molecule has 1 aliphatic heterocycles. The zero-order valence-electron chi connectivity index (χ0n) is 11.8. The summed E-state index contributed by atoms with van der Waals surface area (Å²) in [4.78, 5) is 2.50. The summed E-state index contributed by atoms with van der Waals surface area (Å²) >= 11 is 0. The van der Waals surface area contributed by atoms with Gasteiger partial charge in [-0.15, -0.1) is 0 Å². The number of piperidine rings is 1. The fourth-order valence-electron chi connectivity index (χ4n) is 2.03. The van der Waals surface area contributed by atoms with E-state index in [2.05, 4.69) is 30.1 Å². The van der Waals surface area contributed by atoms with Crippen molar-refractivity contribution in [2.75, 3.05) is 26.2 Å². The molecule has 0 radical (unpaired) electrons. The van der Waals surface area contributed by atoms with Crippen molar-refractivity contribution in [1.29, 1.82) is 0 Å². The summed E-state index contributed by atoms with van der Waals surface area (Å²) in [6, 6.07) is 0.573. The molecule has 17 heavy (non-hydrogen) atoms. The summed E-state index contributed by atoms with van der Waals surface area (Å²) in [5.74, 6) is 0. The average Bonchev–Trinajstić information content (AvgIpc) is 2.24. The molecule has 1 fully saturated rings. The summed E-state index contributed by atoms with van der Waals surface area (Å²) in [7, 11) is 0. The van der Waals surface area contributed by atoms with Gasteiger partial charge in [-0.3, -0.25) is 4.90 Å². The fourth-order valence-corrected chi connectivity index (χ4v) is 2.03. The molecule has 100 valence electrons. The van der Waals surface area contributed by atoms with Gasteiger partial charge in [-0.2, -0.15) is 0 Å². The number of nitrogens with zero attached hydrogens (tertiary/aromatic N) is 1. The van der Waals surface area contributed by atoms with Gasteiger partial charge in [0, 0.05) is 19.1 Å². The first-order valence-electron chi connectivity index (χ1n) is 6.68. The van der Waals surface area contributed by atoms with E-state index in [9.17, 15) is 5.11 Å². The van der Waals surface area contributed by atoms with Gasteiger partial charge < -0.3 is 10.4 Å². The summed E-state index contributed by atoms with van der Waals surface area (Å²) < 4.78 is 0. The highest BCUT2D eigenvalue weighted by Gasteiger charge is 2.20. The van der Waals surface area contributed by atoms with E-state index in [-0.39, 0.29) is 0 Å². The Bertz CT molecular complexity index is 243. The lowest BCUT2D eigenvalue weighted by atomic mass is 10.0. The predicted octanol–water partition coefficient (Wildman–Crippen LogP) is 1.78. The molecule has 0 atom stereocenters. The molecule has 1 rings (SSSR count). The number of nitrogens with one attached hydrogen (secondary N) is 1. The topological polar surface area (TPSA) is 35.5 Å². The molecule has 3 heteroatoms. The largest absolute Gasteiger partial charge is 0.389 e. The lowest BCUT2D eigenvalue weighted by Gasteiger charge is -2.33. The molecule has 0 aliphatic carbocycles. The van der Waals surface area contributed by atoms with E-state index in [1.165, 1.54) is 18.4 Å². The highest BCUT2D eigenvalue weighted by atomic mass is 16.3. The smallest absolute Gasteiger partial charge is 0.0715 e. The van der Waals surface area contributed by atoms with Crippen molar-refractivity contribution in [2.24, 2.45) is 0 Å². The number of likely N-dealkylation sites (tertiary alicyclic amines) is 1. The van der Waals surface area contributed by atoms with E-state index < -0.39 is 5.60 Å². The van der Waals surface area contributed by atoms with Gasteiger partial charge in [0.25, 0.3) is 0 Å². The lowest BCUT2D eigenvalue weighted by Crippen LogP contribution is -2.46. The summed E-state index contributed by atoms with van der Waals surface area (Å²) in [5, 5.41) is 13.1. The molecule has 1 aliphatic rings. The average molecular weight is 240 g/mol. The summed E-state index contributed by atoms with van der Waals surface area (Å²) in [6.07, 6.45) is 4.67. The molecule has 2 N–H and O–H groups in total. The Morgan fingerprint density at radius 3 is 2.41 bits per heavy atom. The summed E-state index contributed by atoms with van der Waals surface area (Å²) in [5.41, 5.74) is 0.798. The first-order valence-corrected chi connectivity index (χ1v) is 6.68. The molecule has 1 heterocycles. The van der Waals surface area contributed by atoms with Crippen molar-refractivity contribution in [3.05, 3.63) is 11.6 Å². The maximum absolute atomic E-state index is 9.66. The van der Waals surface area contributed by atoms with Gasteiger partial charge >= 0.3 is 0 Å². The van der Waals surface area contributed by atoms with Crippen molar-refractivity contribution in [1.82, 2.24) is 10.2 Å². The van der Waals surface area contributed by atoms with Crippen molar-refractivity contribution in [2.45, 2.75) is 52.2 Å². The molecule has 0 bridgehead atoms. The van der Waals surface area contributed by atoms with Crippen LogP contribution < -0.4 is 5.32 Å². The van der Waals surface area contributed by atoms with Gasteiger partial charge in [-0.05, 0) is 53.6 Å². The Morgan fingerprint density at radius 1 is 1.35 bits per heavy atom. The number of hydrogen-bond acceptors (Lipinski definition) is 3. The Balaban J connectivity index is 2.20. The molecule has 0 spiro atoms. The number of aliphatic hydroxyl groups is 1. The van der Waals surface area contributed by atoms with Gasteiger partial charge in [0.1, 0.15) is 0 Å². The molecular weight excluding hydrogens is 212 g/mol. The van der Waals surface area contributed by atoms with Gasteiger partial charge in [-0.25, -0.2) is 0 Å². The van der Waals surface area contributed by atoms with Gasteiger partial charge in [-0.1, -0.05) is 11.6 Å². The molecule has 0 unspecified atom stereocenters. The molecule has 0 aromatic heterocycles. The highest BCUT2D eigenvalue weighted by Crippen LogP contribution is 2.11. The Labute approximate surface area is 106 Å². The van der Waals surface area contributed by atoms with Gasteiger partial charge in [0.2, 0.25) is 0 Å². The van der Waals surface area contributed by atoms with Crippen LogP contribution in [-0.2, 0) is 0 Å². The predicted molar refractivity (Wildman–Crippen MR) is 73.2 cm³/mol. The molecule has 3 nitrogen and oxygen atoms in total. The van der Waals surface area contributed by atoms with E-state index in [4.69, 9.17) is 0 Å². The van der Waals surface area contributed by atoms with Crippen LogP contribution in [0.1, 0.15) is 40.5 Å². The van der Waals surface area contributed by atoms with E-state index in [1.54, 1.807) is 0 Å². The van der Waals surface area contributed by atoms with E-state index in [0.717, 1.165) is 19.6 Å². The van der Waals surface area contributed by atoms with Crippen molar-refractivity contribution < 1.29 is 5.11 Å². The normalized spacial score (nSPS) is 19.4. The zero-order chi connectivity index (χ0) is 12.9. The highest BCUT2D eigenvalue weighted by molar-refractivity contribution is 4.95. The van der Waals surface area contributed by atoms with E-state index in [1.807, 2.05) is 13.8 Å². The zero-order valence-corrected chi connectivity index (χ0v) is 11.8. The SMILES string of the molecule is CC(C)=CCN1CCC(NCC(C)(C)O)CC1. The number of rotatable bonds is 5. The van der Waals surface area contributed by atoms with Crippen molar-refractivity contribution >= 4 is 0 Å². The molecule has 0 aromatic carbocycles. The van der Waals surface area contributed by atoms with Crippen LogP contribution in [0.3, 0.4) is 0 Å². The van der Waals surface area contributed by atoms with Gasteiger partial charge in [0.15, 0.2) is 0 Å². The van der Waals surface area contributed by atoms with Crippen LogP contribution in [0.5, 0.6) is 0 Å². The first kappa shape index (κ1) is 14.7. The molecule has 1 saturated heterocycles. The van der Waals surface area contributed by atoms with Crippen molar-refractivity contribution in [3.63, 3.8) is 0 Å². The Hall–Kier alpha value is -0.380. The standard InChI is InChI=1S/C14H28N2O/c1-12(2)5-8-16-9-6-13(7-10-16)15-11-14(3,4)17/h5,13,15,17H,6-11H2,1-4H3. The molecule has 0 saturated carbocycles. The van der Waals surface area contributed by atoms with E-state index in [0.29, 0.717) is 12.6 Å². The van der Waals surface area contributed by atoms with Crippen LogP contribution in [0.2, 0.25) is 0 Å². The molecular formula is C14H28N2O. The monoisotopic (exact) mass is 240 g/mol. The maximum atomic E-state index is 9.66. The quantitative estimate of drug-likeness (QED) is 0.719. The second-order valence-electron chi connectivity index (χ2n) is 6.05. The first-order chi connectivity index (χ1) is 7.87. The van der Waals surface area contributed by atoms with Gasteiger partial charge in [0.05, 0.1) is 5.60 Å². The van der Waals surface area contributed by atoms with E-state index >= 15 is 0 Å². The Kier molecular flexibility index (Phi) is 5.63. The third-order valence-corrected chi connectivity index (χ3v) is 3.17. The van der Waals surface area contributed by atoms with Crippen LogP contribution in [0.15, 0.2) is 11.6 Å². The fraction of sp³-hybridized carbons (Fsp3) is 0.857. The third-order valence-electron chi connectivity index (χ3n) is 3.17. The second kappa shape index (κ2) is 6.53. The van der Waals surface area contributed by atoms with Crippen LogP contribution >= 0.6 is 0 Å². The minimum absolute atomic E-state index is 0.573. The van der Waals surface area contributed by atoms with Crippen LogP contribution in [0.25, 0.3) is 0 Å². The minimum Gasteiger partial charge on any atom is -0.389 e. The third kappa shape index (κ3) is 6.81. The molecule has 0 amide bonds. The van der Waals surface area contributed by atoms with Crippen LogP contribution in [0, 0.1) is 0 Å². The maximum Gasteiger partial charge on any atom is 0.0715 e. The minimum atomic E-state index is -0.598. The van der Waals surface area contributed by atoms with Crippen molar-refractivity contribution in [3.8, 4) is 0 Å². The summed E-state index contributed by atoms with van der Waals surface area (Å²) in [6.45, 7) is 12.1. The lowest BCUT2D eigenvalue weighted by molar-refractivity contribution is 0.0722. The van der Waals surface area contributed by atoms with Crippen LogP contribution in [0.4, 0.5) is 0 Å². The van der Waals surface area contributed by atoms with Crippen LogP contribution in [-0.4, -0.2) is 47.8 Å². The number of hydrogen-bond donors (Lipinski definition) is 2. The second-order valence-corrected chi connectivity index (χ2v) is 6.05. The molecule has 0 aromatic rings. The number of allylic oxidation sites excluding steroid dienone is 1.